The van der Waals surface area contributed by atoms with Crippen LogP contribution in [0.25, 0.3) is 0 Å². The first-order valence-electron chi connectivity index (χ1n) is 6.85. The Morgan fingerprint density at radius 3 is 2.84 bits per heavy atom. The summed E-state index contributed by atoms with van der Waals surface area (Å²) in [5.41, 5.74) is 1.17. The molecule has 2 heterocycles. The van der Waals surface area contributed by atoms with Crippen LogP contribution in [0.5, 0.6) is 0 Å². The molecular formula is C14H19N3OS. The van der Waals surface area contributed by atoms with E-state index in [1.165, 1.54) is 5.56 Å². The molecule has 1 aromatic heterocycles. The van der Waals surface area contributed by atoms with Crippen molar-refractivity contribution in [1.29, 1.82) is 0 Å². The number of rotatable bonds is 4. The monoisotopic (exact) mass is 277 g/mol. The lowest BCUT2D eigenvalue weighted by Gasteiger charge is -2.30. The Kier molecular flexibility index (Phi) is 4.03. The summed E-state index contributed by atoms with van der Waals surface area (Å²) in [4.78, 5) is 18.7. The largest absolute Gasteiger partial charge is 0.334 e. The highest BCUT2D eigenvalue weighted by Gasteiger charge is 2.36. The molecule has 19 heavy (non-hydrogen) atoms. The van der Waals surface area contributed by atoms with Gasteiger partial charge in [-0.05, 0) is 30.5 Å². The van der Waals surface area contributed by atoms with E-state index in [4.69, 9.17) is 0 Å². The molecule has 4 nitrogen and oxygen atoms in total. The van der Waals surface area contributed by atoms with Crippen molar-refractivity contribution in [1.82, 2.24) is 15.2 Å². The summed E-state index contributed by atoms with van der Waals surface area (Å²) in [6, 6.07) is 4.44. The van der Waals surface area contributed by atoms with Crippen LogP contribution in [-0.2, 0) is 11.3 Å². The molecule has 5 heteroatoms. The first-order valence-corrected chi connectivity index (χ1v) is 8.00. The van der Waals surface area contributed by atoms with E-state index in [0.717, 1.165) is 37.4 Å². The number of thioether (sulfide) groups is 1. The quantitative estimate of drug-likeness (QED) is 0.900. The van der Waals surface area contributed by atoms with Crippen LogP contribution in [0.2, 0.25) is 0 Å². The van der Waals surface area contributed by atoms with Crippen LogP contribution in [0.1, 0.15) is 18.4 Å². The van der Waals surface area contributed by atoms with E-state index in [2.05, 4.69) is 15.2 Å². The summed E-state index contributed by atoms with van der Waals surface area (Å²) in [7, 11) is 0. The van der Waals surface area contributed by atoms with Gasteiger partial charge in [0.1, 0.15) is 0 Å². The molecule has 1 unspecified atom stereocenters. The molecule has 1 amide bonds. The van der Waals surface area contributed by atoms with Gasteiger partial charge >= 0.3 is 0 Å². The van der Waals surface area contributed by atoms with Gasteiger partial charge in [0.05, 0.1) is 6.04 Å². The molecule has 1 aromatic rings. The Labute approximate surface area is 118 Å². The molecule has 1 aliphatic heterocycles. The summed E-state index contributed by atoms with van der Waals surface area (Å²) < 4.78 is 0. The van der Waals surface area contributed by atoms with Gasteiger partial charge in [0.25, 0.3) is 0 Å². The molecule has 1 N–H and O–H groups in total. The van der Waals surface area contributed by atoms with Gasteiger partial charge in [0, 0.05) is 43.0 Å². The molecule has 0 bridgehead atoms. The topological polar surface area (TPSA) is 45.2 Å². The third-order valence-electron chi connectivity index (χ3n) is 3.59. The summed E-state index contributed by atoms with van der Waals surface area (Å²) >= 11 is 1.87. The van der Waals surface area contributed by atoms with Gasteiger partial charge in [0.2, 0.25) is 5.91 Å². The number of nitrogens with one attached hydrogen (secondary N) is 1. The minimum absolute atomic E-state index is 0.00110. The van der Waals surface area contributed by atoms with Crippen molar-refractivity contribution in [3.63, 3.8) is 0 Å². The van der Waals surface area contributed by atoms with E-state index in [-0.39, 0.29) is 11.9 Å². The standard InChI is InChI=1S/C14H19N3OS/c18-14(13-10-19-8-7-16-13)17(12-1-2-12)9-11-3-5-15-6-4-11/h3-6,12-13,16H,1-2,7-10H2. The Hall–Kier alpha value is -1.07. The number of nitrogens with zero attached hydrogens (tertiary/aromatic N) is 2. The van der Waals surface area contributed by atoms with E-state index >= 15 is 0 Å². The second kappa shape index (κ2) is 5.92. The van der Waals surface area contributed by atoms with E-state index in [9.17, 15) is 4.79 Å². The molecule has 1 atom stereocenters. The molecule has 0 radical (unpaired) electrons. The Bertz CT molecular complexity index is 430. The van der Waals surface area contributed by atoms with Crippen LogP contribution in [0.4, 0.5) is 0 Å². The van der Waals surface area contributed by atoms with Gasteiger partial charge in [0.15, 0.2) is 0 Å². The first kappa shape index (κ1) is 12.9. The van der Waals surface area contributed by atoms with Crippen molar-refractivity contribution < 1.29 is 4.79 Å². The Morgan fingerprint density at radius 1 is 1.42 bits per heavy atom. The highest BCUT2D eigenvalue weighted by atomic mass is 32.2. The van der Waals surface area contributed by atoms with Crippen molar-refractivity contribution in [3.8, 4) is 0 Å². The van der Waals surface area contributed by atoms with E-state index < -0.39 is 0 Å². The zero-order chi connectivity index (χ0) is 13.1. The second-order valence-corrected chi connectivity index (χ2v) is 6.28. The maximum Gasteiger partial charge on any atom is 0.241 e. The maximum atomic E-state index is 12.6. The number of carbonyl (C=O) groups excluding carboxylic acids is 1. The van der Waals surface area contributed by atoms with Crippen LogP contribution in [-0.4, -0.2) is 45.9 Å². The third-order valence-corrected chi connectivity index (χ3v) is 4.65. The van der Waals surface area contributed by atoms with E-state index in [1.54, 1.807) is 12.4 Å². The minimum atomic E-state index is 0.00110. The lowest BCUT2D eigenvalue weighted by atomic mass is 10.2. The number of aromatic nitrogens is 1. The summed E-state index contributed by atoms with van der Waals surface area (Å²) in [6.45, 7) is 1.66. The fourth-order valence-electron chi connectivity index (χ4n) is 2.38. The predicted octanol–water partition coefficient (Wildman–Crippen LogP) is 1.28. The van der Waals surface area contributed by atoms with Crippen molar-refractivity contribution in [2.24, 2.45) is 0 Å². The van der Waals surface area contributed by atoms with Crippen LogP contribution in [0.3, 0.4) is 0 Å². The van der Waals surface area contributed by atoms with Crippen LogP contribution >= 0.6 is 11.8 Å². The summed E-state index contributed by atoms with van der Waals surface area (Å²) in [6.07, 6.45) is 5.88. The zero-order valence-electron chi connectivity index (χ0n) is 10.9. The van der Waals surface area contributed by atoms with Crippen LogP contribution in [0.15, 0.2) is 24.5 Å². The SMILES string of the molecule is O=C(C1CSCCN1)N(Cc1ccncc1)C1CC1. The van der Waals surface area contributed by atoms with Crippen molar-refractivity contribution in [2.75, 3.05) is 18.1 Å². The molecule has 2 aliphatic rings. The van der Waals surface area contributed by atoms with Crippen molar-refractivity contribution in [2.45, 2.75) is 31.5 Å². The number of hydrogen-bond acceptors (Lipinski definition) is 4. The first-order chi connectivity index (χ1) is 9.34. The Morgan fingerprint density at radius 2 is 2.21 bits per heavy atom. The zero-order valence-corrected chi connectivity index (χ0v) is 11.7. The molecule has 1 saturated heterocycles. The summed E-state index contributed by atoms with van der Waals surface area (Å²) in [5, 5.41) is 3.34. The molecule has 0 aromatic carbocycles. The normalized spacial score (nSPS) is 23.1. The van der Waals surface area contributed by atoms with Crippen LogP contribution < -0.4 is 5.32 Å². The van der Waals surface area contributed by atoms with Crippen molar-refractivity contribution in [3.05, 3.63) is 30.1 Å². The number of pyridine rings is 1. The van der Waals surface area contributed by atoms with Crippen molar-refractivity contribution >= 4 is 17.7 Å². The number of hydrogen-bond donors (Lipinski definition) is 1. The minimum Gasteiger partial charge on any atom is -0.334 e. The second-order valence-electron chi connectivity index (χ2n) is 5.13. The molecular weight excluding hydrogens is 258 g/mol. The molecule has 0 spiro atoms. The van der Waals surface area contributed by atoms with E-state index in [0.29, 0.717) is 6.04 Å². The predicted molar refractivity (Wildman–Crippen MR) is 76.9 cm³/mol. The fraction of sp³-hybridized carbons (Fsp3) is 0.571. The number of amides is 1. The third kappa shape index (κ3) is 3.28. The molecule has 3 rings (SSSR count). The molecule has 1 aliphatic carbocycles. The molecule has 102 valence electrons. The fourth-order valence-corrected chi connectivity index (χ4v) is 3.31. The Balaban J connectivity index is 1.68. The summed E-state index contributed by atoms with van der Waals surface area (Å²) in [5.74, 6) is 2.28. The van der Waals surface area contributed by atoms with Gasteiger partial charge in [-0.1, -0.05) is 0 Å². The lowest BCUT2D eigenvalue weighted by molar-refractivity contribution is -0.134. The molecule has 2 fully saturated rings. The highest BCUT2D eigenvalue weighted by Crippen LogP contribution is 2.29. The van der Waals surface area contributed by atoms with Gasteiger partial charge in [-0.2, -0.15) is 11.8 Å². The highest BCUT2D eigenvalue weighted by molar-refractivity contribution is 7.99. The van der Waals surface area contributed by atoms with E-state index in [1.807, 2.05) is 23.9 Å². The van der Waals surface area contributed by atoms with Gasteiger partial charge in [-0.25, -0.2) is 0 Å². The molecule has 1 saturated carbocycles. The number of carbonyl (C=O) groups is 1. The van der Waals surface area contributed by atoms with Crippen LogP contribution in [0, 0.1) is 0 Å². The smallest absolute Gasteiger partial charge is 0.241 e. The van der Waals surface area contributed by atoms with Gasteiger partial charge in [-0.15, -0.1) is 0 Å². The average Bonchev–Trinajstić information content (AvgIpc) is 3.31. The maximum absolute atomic E-state index is 12.6. The average molecular weight is 277 g/mol. The van der Waals surface area contributed by atoms with Gasteiger partial charge in [-0.3, -0.25) is 9.78 Å². The van der Waals surface area contributed by atoms with Gasteiger partial charge < -0.3 is 10.2 Å². The lowest BCUT2D eigenvalue weighted by Crippen LogP contribution is -2.51.